The third-order valence-electron chi connectivity index (χ3n) is 3.89. The molecule has 0 heterocycles. The number of carbonyl (C=O) groups is 1. The standard InChI is InChI=1S/C22H26O4/c1-2-20(24)5-3-15-25-21-10-6-18(7-11-21)17-19-8-12-22(13-9-19)26-16-4-14-23/h2,6-13,23H,1,3-5,14-17H2. The van der Waals surface area contributed by atoms with Gasteiger partial charge in [-0.15, -0.1) is 0 Å². The lowest BCUT2D eigenvalue weighted by molar-refractivity contribution is -0.114. The van der Waals surface area contributed by atoms with Crippen LogP contribution in [0.15, 0.2) is 61.2 Å². The third kappa shape index (κ3) is 7.11. The van der Waals surface area contributed by atoms with Crippen LogP contribution in [0.5, 0.6) is 11.5 Å². The summed E-state index contributed by atoms with van der Waals surface area (Å²) < 4.78 is 11.2. The van der Waals surface area contributed by atoms with Crippen LogP contribution >= 0.6 is 0 Å². The molecule has 0 unspecified atom stereocenters. The molecule has 0 aliphatic carbocycles. The SMILES string of the molecule is C=CC(=O)CCCOc1ccc(Cc2ccc(OCCCO)cc2)cc1. The Morgan fingerprint density at radius 3 is 1.85 bits per heavy atom. The van der Waals surface area contributed by atoms with Gasteiger partial charge >= 0.3 is 0 Å². The molecule has 2 aromatic carbocycles. The Labute approximate surface area is 155 Å². The molecule has 4 nitrogen and oxygen atoms in total. The second-order valence-corrected chi connectivity index (χ2v) is 6.01. The summed E-state index contributed by atoms with van der Waals surface area (Å²) in [6.07, 6.45) is 4.00. The first kappa shape index (κ1) is 19.7. The Balaban J connectivity index is 1.77. The van der Waals surface area contributed by atoms with Gasteiger partial charge in [0.15, 0.2) is 5.78 Å². The smallest absolute Gasteiger partial charge is 0.155 e. The monoisotopic (exact) mass is 354 g/mol. The highest BCUT2D eigenvalue weighted by molar-refractivity contribution is 5.88. The zero-order valence-electron chi connectivity index (χ0n) is 15.0. The van der Waals surface area contributed by atoms with E-state index < -0.39 is 0 Å². The molecule has 0 aliphatic heterocycles. The van der Waals surface area contributed by atoms with Crippen LogP contribution in [0, 0.1) is 0 Å². The van der Waals surface area contributed by atoms with E-state index in [-0.39, 0.29) is 12.4 Å². The van der Waals surface area contributed by atoms with Crippen molar-refractivity contribution in [2.45, 2.75) is 25.7 Å². The van der Waals surface area contributed by atoms with Gasteiger partial charge in [0.25, 0.3) is 0 Å². The summed E-state index contributed by atoms with van der Waals surface area (Å²) in [5, 5.41) is 8.76. The van der Waals surface area contributed by atoms with E-state index in [2.05, 4.69) is 30.8 Å². The van der Waals surface area contributed by atoms with Gasteiger partial charge in [-0.1, -0.05) is 30.8 Å². The third-order valence-corrected chi connectivity index (χ3v) is 3.89. The molecule has 0 spiro atoms. The number of ketones is 1. The second-order valence-electron chi connectivity index (χ2n) is 6.01. The zero-order valence-corrected chi connectivity index (χ0v) is 15.0. The molecule has 0 atom stereocenters. The molecule has 0 amide bonds. The molecule has 1 N–H and O–H groups in total. The molecule has 0 radical (unpaired) electrons. The Morgan fingerprint density at radius 2 is 1.38 bits per heavy atom. The summed E-state index contributed by atoms with van der Waals surface area (Å²) in [4.78, 5) is 11.1. The van der Waals surface area contributed by atoms with E-state index in [1.165, 1.54) is 17.2 Å². The summed E-state index contributed by atoms with van der Waals surface area (Å²) in [6.45, 7) is 4.65. The van der Waals surface area contributed by atoms with Crippen LogP contribution in [0.2, 0.25) is 0 Å². The molecule has 0 aliphatic rings. The van der Waals surface area contributed by atoms with Crippen molar-refractivity contribution < 1.29 is 19.4 Å². The highest BCUT2D eigenvalue weighted by Gasteiger charge is 2.01. The average Bonchev–Trinajstić information content (AvgIpc) is 2.68. The lowest BCUT2D eigenvalue weighted by Crippen LogP contribution is -2.01. The quantitative estimate of drug-likeness (QED) is 0.463. The van der Waals surface area contributed by atoms with Crippen molar-refractivity contribution in [3.8, 4) is 11.5 Å². The number of benzene rings is 2. The fraction of sp³-hybridized carbons (Fsp3) is 0.318. The van der Waals surface area contributed by atoms with Crippen LogP contribution in [0.1, 0.15) is 30.4 Å². The van der Waals surface area contributed by atoms with Crippen molar-refractivity contribution >= 4 is 5.78 Å². The number of carbonyl (C=O) groups excluding carboxylic acids is 1. The molecule has 2 rings (SSSR count). The van der Waals surface area contributed by atoms with Crippen LogP contribution < -0.4 is 9.47 Å². The maximum absolute atomic E-state index is 11.1. The van der Waals surface area contributed by atoms with Gasteiger partial charge in [0.1, 0.15) is 11.5 Å². The number of hydrogen-bond acceptors (Lipinski definition) is 4. The second kappa shape index (κ2) is 11.1. The lowest BCUT2D eigenvalue weighted by Gasteiger charge is -2.08. The van der Waals surface area contributed by atoms with Crippen molar-refractivity contribution in [2.24, 2.45) is 0 Å². The Morgan fingerprint density at radius 1 is 0.885 bits per heavy atom. The molecule has 26 heavy (non-hydrogen) atoms. The summed E-state index contributed by atoms with van der Waals surface area (Å²) in [5.41, 5.74) is 2.41. The molecule has 2 aromatic rings. The van der Waals surface area contributed by atoms with Crippen LogP contribution in [-0.2, 0) is 11.2 Å². The van der Waals surface area contributed by atoms with E-state index in [0.717, 1.165) is 17.9 Å². The first-order valence-electron chi connectivity index (χ1n) is 8.91. The lowest BCUT2D eigenvalue weighted by atomic mass is 10.0. The molecule has 0 saturated heterocycles. The van der Waals surface area contributed by atoms with Crippen molar-refractivity contribution in [2.75, 3.05) is 19.8 Å². The highest BCUT2D eigenvalue weighted by atomic mass is 16.5. The fourth-order valence-corrected chi connectivity index (χ4v) is 2.44. The van der Waals surface area contributed by atoms with Gasteiger partial charge in [-0.3, -0.25) is 4.79 Å². The molecular weight excluding hydrogens is 328 g/mol. The first-order valence-corrected chi connectivity index (χ1v) is 8.91. The molecule has 0 aromatic heterocycles. The number of hydrogen-bond donors (Lipinski definition) is 1. The summed E-state index contributed by atoms with van der Waals surface area (Å²) in [6, 6.07) is 16.0. The molecule has 4 heteroatoms. The zero-order chi connectivity index (χ0) is 18.6. The van der Waals surface area contributed by atoms with Crippen LogP contribution in [0.25, 0.3) is 0 Å². The van der Waals surface area contributed by atoms with Gasteiger partial charge in [-0.2, -0.15) is 0 Å². The maximum Gasteiger partial charge on any atom is 0.155 e. The van der Waals surface area contributed by atoms with Crippen LogP contribution in [0.4, 0.5) is 0 Å². The van der Waals surface area contributed by atoms with Crippen molar-refractivity contribution in [1.82, 2.24) is 0 Å². The van der Waals surface area contributed by atoms with Crippen LogP contribution in [0.3, 0.4) is 0 Å². The van der Waals surface area contributed by atoms with Gasteiger partial charge in [-0.05, 0) is 54.3 Å². The summed E-state index contributed by atoms with van der Waals surface area (Å²) >= 11 is 0. The summed E-state index contributed by atoms with van der Waals surface area (Å²) in [7, 11) is 0. The topological polar surface area (TPSA) is 55.8 Å². The number of allylic oxidation sites excluding steroid dienone is 1. The molecule has 0 saturated carbocycles. The van der Waals surface area contributed by atoms with E-state index >= 15 is 0 Å². The van der Waals surface area contributed by atoms with Crippen LogP contribution in [-0.4, -0.2) is 30.7 Å². The van der Waals surface area contributed by atoms with Gasteiger partial charge in [-0.25, -0.2) is 0 Å². The molecule has 138 valence electrons. The minimum absolute atomic E-state index is 0.0498. The minimum Gasteiger partial charge on any atom is -0.494 e. The number of aliphatic hydroxyl groups excluding tert-OH is 1. The summed E-state index contributed by atoms with van der Waals surface area (Å²) in [5.74, 6) is 1.68. The predicted octanol–water partition coefficient (Wildman–Crippen LogP) is 3.95. The number of rotatable bonds is 12. The largest absolute Gasteiger partial charge is 0.494 e. The van der Waals surface area contributed by atoms with Gasteiger partial charge in [0.05, 0.1) is 13.2 Å². The highest BCUT2D eigenvalue weighted by Crippen LogP contribution is 2.18. The average molecular weight is 354 g/mol. The van der Waals surface area contributed by atoms with Crippen molar-refractivity contribution in [1.29, 1.82) is 0 Å². The van der Waals surface area contributed by atoms with E-state index in [1.807, 2.05) is 24.3 Å². The van der Waals surface area contributed by atoms with Gasteiger partial charge in [0.2, 0.25) is 0 Å². The Kier molecular flexibility index (Phi) is 8.43. The van der Waals surface area contributed by atoms with E-state index in [9.17, 15) is 4.79 Å². The Bertz CT molecular complexity index is 674. The normalized spacial score (nSPS) is 10.3. The van der Waals surface area contributed by atoms with E-state index in [1.54, 1.807) is 0 Å². The van der Waals surface area contributed by atoms with Crippen molar-refractivity contribution in [3.05, 3.63) is 72.3 Å². The molecule has 0 bridgehead atoms. The first-order chi connectivity index (χ1) is 12.7. The Hall–Kier alpha value is -2.59. The van der Waals surface area contributed by atoms with E-state index in [4.69, 9.17) is 14.6 Å². The molecule has 0 fully saturated rings. The predicted molar refractivity (Wildman–Crippen MR) is 103 cm³/mol. The van der Waals surface area contributed by atoms with Gasteiger partial charge < -0.3 is 14.6 Å². The van der Waals surface area contributed by atoms with E-state index in [0.29, 0.717) is 32.5 Å². The maximum atomic E-state index is 11.1. The number of ether oxygens (including phenoxy) is 2. The minimum atomic E-state index is 0.0498. The molecular formula is C22H26O4. The van der Waals surface area contributed by atoms with Crippen molar-refractivity contribution in [3.63, 3.8) is 0 Å². The number of aliphatic hydroxyl groups is 1. The fourth-order valence-electron chi connectivity index (χ4n) is 2.44. The van der Waals surface area contributed by atoms with Gasteiger partial charge in [0, 0.05) is 19.4 Å².